The van der Waals surface area contributed by atoms with Gasteiger partial charge in [0.2, 0.25) is 5.96 Å². The van der Waals surface area contributed by atoms with Crippen LogP contribution in [0.2, 0.25) is 5.02 Å². The molecule has 0 aliphatic carbocycles. The van der Waals surface area contributed by atoms with E-state index >= 15 is 0 Å². The molecule has 0 unspecified atom stereocenters. The molecule has 6 heteroatoms. The van der Waals surface area contributed by atoms with Crippen LogP contribution < -0.4 is 9.80 Å². The molecule has 0 radical (unpaired) electrons. The molecular formula is C17H17ClN4O. The molecule has 1 N–H and O–H groups in total. The summed E-state index contributed by atoms with van der Waals surface area (Å²) in [5, 5.41) is 10.4. The molecule has 2 aliphatic rings. The fourth-order valence-electron chi connectivity index (χ4n) is 3.09. The fraction of sp³-hybridized carbons (Fsp3) is 0.235. The van der Waals surface area contributed by atoms with Crippen LogP contribution >= 0.6 is 11.6 Å². The number of aliphatic hydroxyl groups is 1. The first-order valence-electron chi connectivity index (χ1n) is 7.52. The summed E-state index contributed by atoms with van der Waals surface area (Å²) in [6.45, 7) is 2.10. The van der Waals surface area contributed by atoms with E-state index in [9.17, 15) is 5.11 Å². The summed E-state index contributed by atoms with van der Waals surface area (Å²) in [6.07, 6.45) is 0. The lowest BCUT2D eigenvalue weighted by Crippen LogP contribution is -2.49. The maximum atomic E-state index is 9.67. The van der Waals surface area contributed by atoms with Crippen LogP contribution in [0.3, 0.4) is 0 Å². The molecular weight excluding hydrogens is 312 g/mol. The van der Waals surface area contributed by atoms with Crippen molar-refractivity contribution in [1.82, 2.24) is 4.90 Å². The number of aliphatic imine (C=N–C) groups is 1. The topological polar surface area (TPSA) is 42.3 Å². The van der Waals surface area contributed by atoms with Gasteiger partial charge in [-0.3, -0.25) is 14.7 Å². The van der Waals surface area contributed by atoms with Crippen molar-refractivity contribution >= 4 is 28.9 Å². The highest BCUT2D eigenvalue weighted by molar-refractivity contribution is 6.30. The minimum Gasteiger partial charge on any atom is -0.376 e. The van der Waals surface area contributed by atoms with Crippen LogP contribution in [0, 0.1) is 0 Å². The van der Waals surface area contributed by atoms with Gasteiger partial charge >= 0.3 is 0 Å². The van der Waals surface area contributed by atoms with Gasteiger partial charge in [0.25, 0.3) is 0 Å². The number of hydrogen-bond acceptors (Lipinski definition) is 5. The van der Waals surface area contributed by atoms with Gasteiger partial charge in [-0.2, -0.15) is 0 Å². The smallest absolute Gasteiger partial charge is 0.210 e. The van der Waals surface area contributed by atoms with Crippen molar-refractivity contribution in [2.24, 2.45) is 4.99 Å². The van der Waals surface area contributed by atoms with E-state index in [1.54, 1.807) is 0 Å². The first-order valence-corrected chi connectivity index (χ1v) is 7.90. The zero-order chi connectivity index (χ0) is 15.8. The number of hydrogen-bond donors (Lipinski definition) is 1. The Bertz CT molecular complexity index is 747. The largest absolute Gasteiger partial charge is 0.376 e. The number of fused-ring (bicyclic) bond motifs is 3. The van der Waals surface area contributed by atoms with Crippen molar-refractivity contribution in [2.45, 2.75) is 6.54 Å². The Labute approximate surface area is 140 Å². The third-order valence-electron chi connectivity index (χ3n) is 4.16. The van der Waals surface area contributed by atoms with Crippen molar-refractivity contribution in [2.75, 3.05) is 29.9 Å². The average Bonchev–Trinajstić information content (AvgIpc) is 2.90. The van der Waals surface area contributed by atoms with E-state index in [4.69, 9.17) is 11.6 Å². The molecule has 0 saturated carbocycles. The minimum absolute atomic E-state index is 0.0659. The fourth-order valence-corrected chi connectivity index (χ4v) is 3.21. The highest BCUT2D eigenvalue weighted by Gasteiger charge is 2.35. The Hall–Kier alpha value is -2.08. The van der Waals surface area contributed by atoms with Gasteiger partial charge in [-0.05, 0) is 29.8 Å². The first kappa shape index (κ1) is 14.5. The molecule has 2 aromatic carbocycles. The molecule has 118 valence electrons. The van der Waals surface area contributed by atoms with Crippen molar-refractivity contribution in [3.63, 3.8) is 0 Å². The van der Waals surface area contributed by atoms with Crippen LogP contribution in [-0.2, 0) is 6.54 Å². The number of rotatable bonds is 3. The van der Waals surface area contributed by atoms with Gasteiger partial charge in [-0.15, -0.1) is 0 Å². The van der Waals surface area contributed by atoms with Crippen LogP contribution in [0.1, 0.15) is 5.56 Å². The number of benzene rings is 2. The predicted octanol–water partition coefficient (Wildman–Crippen LogP) is 2.70. The summed E-state index contributed by atoms with van der Waals surface area (Å²) in [6, 6.07) is 16.0. The molecule has 0 atom stereocenters. The molecule has 0 bridgehead atoms. The SMILES string of the molecule is OCN1C2=NCN(Cc3ccc(Cl)cc3)CN2c2ccccc21. The van der Waals surface area contributed by atoms with Gasteiger partial charge in [-0.1, -0.05) is 35.9 Å². The number of guanidine groups is 1. The minimum atomic E-state index is -0.0659. The molecule has 4 rings (SSSR count). The Balaban J connectivity index is 1.58. The quantitative estimate of drug-likeness (QED) is 0.940. The van der Waals surface area contributed by atoms with Crippen LogP contribution in [0.25, 0.3) is 0 Å². The molecule has 2 aliphatic heterocycles. The lowest BCUT2D eigenvalue weighted by molar-refractivity contribution is 0.269. The van der Waals surface area contributed by atoms with Crippen molar-refractivity contribution in [1.29, 1.82) is 0 Å². The third-order valence-corrected chi connectivity index (χ3v) is 4.41. The molecule has 0 aromatic heterocycles. The highest BCUT2D eigenvalue weighted by Crippen LogP contribution is 2.37. The number of para-hydroxylation sites is 2. The van der Waals surface area contributed by atoms with Crippen molar-refractivity contribution in [3.05, 3.63) is 59.1 Å². The normalized spacial score (nSPS) is 17.0. The second kappa shape index (κ2) is 5.85. The van der Waals surface area contributed by atoms with E-state index in [2.05, 4.69) is 20.9 Å². The molecule has 2 heterocycles. The first-order chi connectivity index (χ1) is 11.3. The van der Waals surface area contributed by atoms with Crippen LogP contribution in [0.4, 0.5) is 11.4 Å². The van der Waals surface area contributed by atoms with Crippen LogP contribution in [0.5, 0.6) is 0 Å². The van der Waals surface area contributed by atoms with E-state index in [0.717, 1.165) is 35.6 Å². The molecule has 0 saturated heterocycles. The zero-order valence-electron chi connectivity index (χ0n) is 12.6. The summed E-state index contributed by atoms with van der Waals surface area (Å²) in [5.41, 5.74) is 3.29. The summed E-state index contributed by atoms with van der Waals surface area (Å²) in [5.74, 6) is 0.820. The van der Waals surface area contributed by atoms with Gasteiger partial charge in [0, 0.05) is 11.6 Å². The molecule has 23 heavy (non-hydrogen) atoms. The van der Waals surface area contributed by atoms with Crippen molar-refractivity contribution < 1.29 is 5.11 Å². The summed E-state index contributed by atoms with van der Waals surface area (Å²) < 4.78 is 0. The number of nitrogens with zero attached hydrogens (tertiary/aromatic N) is 4. The zero-order valence-corrected chi connectivity index (χ0v) is 13.3. The highest BCUT2D eigenvalue weighted by atomic mass is 35.5. The van der Waals surface area contributed by atoms with Gasteiger partial charge in [0.1, 0.15) is 6.73 Å². The standard InChI is InChI=1S/C17H17ClN4O/c18-14-7-5-13(6-8-14)9-20-10-19-17-21(11-20)15-3-1-2-4-16(15)22(17)12-23/h1-8,23H,9-12H2. The third kappa shape index (κ3) is 2.57. The Morgan fingerprint density at radius 2 is 1.78 bits per heavy atom. The lowest BCUT2D eigenvalue weighted by Gasteiger charge is -2.33. The Kier molecular flexibility index (Phi) is 3.69. The van der Waals surface area contributed by atoms with E-state index in [0.29, 0.717) is 6.67 Å². The predicted molar refractivity (Wildman–Crippen MR) is 92.6 cm³/mol. The second-order valence-corrected chi connectivity index (χ2v) is 6.12. The monoisotopic (exact) mass is 328 g/mol. The second-order valence-electron chi connectivity index (χ2n) is 5.68. The molecule has 0 fully saturated rings. The van der Waals surface area contributed by atoms with E-state index < -0.39 is 0 Å². The Morgan fingerprint density at radius 1 is 1.04 bits per heavy atom. The van der Waals surface area contributed by atoms with Gasteiger partial charge < -0.3 is 5.11 Å². The van der Waals surface area contributed by atoms with Gasteiger partial charge in [0.15, 0.2) is 0 Å². The van der Waals surface area contributed by atoms with Gasteiger partial charge in [0.05, 0.1) is 24.7 Å². The summed E-state index contributed by atoms with van der Waals surface area (Å²) in [4.78, 5) is 10.9. The van der Waals surface area contributed by atoms with E-state index in [1.807, 2.05) is 47.4 Å². The van der Waals surface area contributed by atoms with Gasteiger partial charge in [-0.25, -0.2) is 4.99 Å². The van der Waals surface area contributed by atoms with E-state index in [1.165, 1.54) is 5.56 Å². The summed E-state index contributed by atoms with van der Waals surface area (Å²) in [7, 11) is 0. The number of anilines is 2. The lowest BCUT2D eigenvalue weighted by atomic mass is 10.2. The van der Waals surface area contributed by atoms with Crippen molar-refractivity contribution in [3.8, 4) is 0 Å². The molecule has 5 nitrogen and oxygen atoms in total. The Morgan fingerprint density at radius 3 is 2.52 bits per heavy atom. The van der Waals surface area contributed by atoms with Crippen LogP contribution in [0.15, 0.2) is 53.5 Å². The number of halogens is 1. The molecule has 2 aromatic rings. The molecule has 0 spiro atoms. The average molecular weight is 329 g/mol. The number of aliphatic hydroxyl groups excluding tert-OH is 1. The van der Waals surface area contributed by atoms with E-state index in [-0.39, 0.29) is 6.73 Å². The molecule has 0 amide bonds. The summed E-state index contributed by atoms with van der Waals surface area (Å²) >= 11 is 5.94. The van der Waals surface area contributed by atoms with Crippen LogP contribution in [-0.4, -0.2) is 36.0 Å². The maximum Gasteiger partial charge on any atom is 0.210 e. The maximum absolute atomic E-state index is 9.67.